The topological polar surface area (TPSA) is 88.1 Å². The number of amides is 1. The minimum Gasteiger partial charge on any atom is -0.496 e. The van der Waals surface area contributed by atoms with Gasteiger partial charge in [-0.3, -0.25) is 4.79 Å². The van der Waals surface area contributed by atoms with Crippen LogP contribution in [0.2, 0.25) is 5.02 Å². The third-order valence-electron chi connectivity index (χ3n) is 4.78. The summed E-state index contributed by atoms with van der Waals surface area (Å²) >= 11 is 7.37. The lowest BCUT2D eigenvalue weighted by Crippen LogP contribution is -2.26. The molecule has 0 bridgehead atoms. The van der Waals surface area contributed by atoms with Crippen molar-refractivity contribution in [3.8, 4) is 5.75 Å². The predicted molar refractivity (Wildman–Crippen MR) is 140 cm³/mol. The third-order valence-corrected chi connectivity index (χ3v) is 7.49. The Morgan fingerprint density at radius 2 is 1.86 bits per heavy atom. The molecule has 0 saturated carbocycles. The van der Waals surface area contributed by atoms with E-state index in [2.05, 4.69) is 9.71 Å². The van der Waals surface area contributed by atoms with Crippen LogP contribution < -0.4 is 10.1 Å². The number of nitrogens with one attached hydrogen (secondary N) is 1. The number of halogens is 1. The summed E-state index contributed by atoms with van der Waals surface area (Å²) in [6.07, 6.45) is 1.68. The predicted octanol–water partition coefficient (Wildman–Crippen LogP) is 4.75. The molecular weight excluding hydrogens is 506 g/mol. The van der Waals surface area contributed by atoms with Gasteiger partial charge in [-0.1, -0.05) is 47.6 Å². The number of nitrogens with zero attached hydrogens (tertiary/aromatic N) is 2. The smallest absolute Gasteiger partial charge is 0.284 e. The minimum atomic E-state index is -3.94. The Labute approximate surface area is 215 Å². The van der Waals surface area contributed by atoms with Crippen LogP contribution in [0.4, 0.5) is 0 Å². The van der Waals surface area contributed by atoms with E-state index >= 15 is 0 Å². The van der Waals surface area contributed by atoms with E-state index in [9.17, 15) is 13.2 Å². The first kappa shape index (κ1) is 26.6. The van der Waals surface area contributed by atoms with Gasteiger partial charge in [-0.25, -0.2) is 0 Å². The van der Waals surface area contributed by atoms with Gasteiger partial charge in [0.1, 0.15) is 17.0 Å². The number of ether oxygens (including phenoxy) is 1. The average Bonchev–Trinajstić information content (AvgIpc) is 2.84. The Kier molecular flexibility index (Phi) is 9.20. The number of hydrogen-bond donors (Lipinski definition) is 1. The van der Waals surface area contributed by atoms with Crippen molar-refractivity contribution in [3.05, 3.63) is 82.9 Å². The molecule has 35 heavy (non-hydrogen) atoms. The van der Waals surface area contributed by atoms with Crippen LogP contribution in [0.1, 0.15) is 15.9 Å². The molecule has 3 aromatic rings. The van der Waals surface area contributed by atoms with Gasteiger partial charge in [0.25, 0.3) is 15.9 Å². The van der Waals surface area contributed by atoms with Crippen LogP contribution in [0, 0.1) is 0 Å². The van der Waals surface area contributed by atoms with Crippen LogP contribution in [0.25, 0.3) is 0 Å². The van der Waals surface area contributed by atoms with E-state index in [1.54, 1.807) is 49.3 Å². The number of rotatable bonds is 10. The van der Waals surface area contributed by atoms with E-state index < -0.39 is 10.0 Å². The molecule has 184 valence electrons. The molecule has 0 heterocycles. The molecule has 0 spiro atoms. The molecule has 3 rings (SSSR count). The van der Waals surface area contributed by atoms with Crippen molar-refractivity contribution in [1.82, 2.24) is 10.2 Å². The zero-order valence-corrected chi connectivity index (χ0v) is 22.0. The van der Waals surface area contributed by atoms with Crippen LogP contribution >= 0.6 is 23.4 Å². The van der Waals surface area contributed by atoms with Crippen LogP contribution in [0.3, 0.4) is 0 Å². The largest absolute Gasteiger partial charge is 0.496 e. The van der Waals surface area contributed by atoms with Crippen molar-refractivity contribution in [2.24, 2.45) is 4.40 Å². The SMILES string of the molecule is COc1ccc(Cl)cc1C(=O)NCCc1ccc(Sc2ccccc2)c(S(=O)(=O)/N=C\N(C)C)c1. The second kappa shape index (κ2) is 12.1. The van der Waals surface area contributed by atoms with Gasteiger partial charge in [0.05, 0.1) is 12.7 Å². The van der Waals surface area contributed by atoms with Crippen LogP contribution in [0.5, 0.6) is 5.75 Å². The van der Waals surface area contributed by atoms with Gasteiger partial charge in [-0.2, -0.15) is 8.42 Å². The summed E-state index contributed by atoms with van der Waals surface area (Å²) in [5.74, 6) is 0.0883. The highest BCUT2D eigenvalue weighted by atomic mass is 35.5. The number of benzene rings is 3. The molecule has 0 fully saturated rings. The Bertz CT molecular complexity index is 1310. The van der Waals surface area contributed by atoms with E-state index in [4.69, 9.17) is 16.3 Å². The molecule has 0 unspecified atom stereocenters. The highest BCUT2D eigenvalue weighted by molar-refractivity contribution is 8.00. The van der Waals surface area contributed by atoms with Crippen molar-refractivity contribution >= 4 is 45.6 Å². The molecule has 0 atom stereocenters. The maximum atomic E-state index is 13.0. The number of carbonyl (C=O) groups is 1. The second-order valence-electron chi connectivity index (χ2n) is 7.71. The molecule has 1 N–H and O–H groups in total. The van der Waals surface area contributed by atoms with Gasteiger partial charge < -0.3 is 15.0 Å². The number of sulfonamides is 1. The Morgan fingerprint density at radius 3 is 2.54 bits per heavy atom. The molecule has 3 aromatic carbocycles. The van der Waals surface area contributed by atoms with Crippen LogP contribution in [0.15, 0.2) is 85.8 Å². The van der Waals surface area contributed by atoms with Gasteiger partial charge in [0.15, 0.2) is 0 Å². The summed E-state index contributed by atoms with van der Waals surface area (Å²) < 4.78 is 35.1. The molecule has 0 aliphatic heterocycles. The van der Waals surface area contributed by atoms with Crippen LogP contribution in [-0.2, 0) is 16.4 Å². The van der Waals surface area contributed by atoms with Crippen LogP contribution in [-0.4, -0.2) is 53.3 Å². The molecule has 0 saturated heterocycles. The first-order chi connectivity index (χ1) is 16.7. The van der Waals surface area contributed by atoms with Crippen molar-refractivity contribution < 1.29 is 17.9 Å². The first-order valence-corrected chi connectivity index (χ1v) is 13.3. The maximum absolute atomic E-state index is 13.0. The molecular formula is C25H26ClN3O4S2. The van der Waals surface area contributed by atoms with Gasteiger partial charge >= 0.3 is 0 Å². The van der Waals surface area contributed by atoms with Gasteiger partial charge in [-0.15, -0.1) is 4.40 Å². The highest BCUT2D eigenvalue weighted by Crippen LogP contribution is 2.34. The summed E-state index contributed by atoms with van der Waals surface area (Å²) in [6.45, 7) is 0.292. The number of hydrogen-bond acceptors (Lipinski definition) is 5. The maximum Gasteiger partial charge on any atom is 0.284 e. The monoisotopic (exact) mass is 531 g/mol. The summed E-state index contributed by atoms with van der Waals surface area (Å²) in [4.78, 5) is 15.8. The van der Waals surface area contributed by atoms with E-state index in [1.807, 2.05) is 36.4 Å². The zero-order valence-electron chi connectivity index (χ0n) is 19.6. The van der Waals surface area contributed by atoms with Crippen molar-refractivity contribution in [2.45, 2.75) is 21.1 Å². The quantitative estimate of drug-likeness (QED) is 0.300. The van der Waals surface area contributed by atoms with E-state index in [0.29, 0.717) is 34.2 Å². The molecule has 10 heteroatoms. The number of methoxy groups -OCH3 is 1. The molecule has 7 nitrogen and oxygen atoms in total. The zero-order chi connectivity index (χ0) is 25.4. The van der Waals surface area contributed by atoms with Gasteiger partial charge in [-0.05, 0) is 54.4 Å². The minimum absolute atomic E-state index is 0.116. The van der Waals surface area contributed by atoms with Crippen molar-refractivity contribution in [3.63, 3.8) is 0 Å². The molecule has 0 aromatic heterocycles. The van der Waals surface area contributed by atoms with E-state index in [0.717, 1.165) is 10.5 Å². The van der Waals surface area contributed by atoms with Crippen molar-refractivity contribution in [1.29, 1.82) is 0 Å². The van der Waals surface area contributed by atoms with E-state index in [1.165, 1.54) is 25.2 Å². The molecule has 1 amide bonds. The fourth-order valence-corrected chi connectivity index (χ4v) is 5.60. The summed E-state index contributed by atoms with van der Waals surface area (Å²) in [5.41, 5.74) is 1.08. The number of carbonyl (C=O) groups excluding carboxylic acids is 1. The Morgan fingerprint density at radius 1 is 1.11 bits per heavy atom. The highest BCUT2D eigenvalue weighted by Gasteiger charge is 2.19. The van der Waals surface area contributed by atoms with Gasteiger partial charge in [0, 0.05) is 35.5 Å². The summed E-state index contributed by atoms with van der Waals surface area (Å²) in [7, 11) is 0.946. The first-order valence-electron chi connectivity index (χ1n) is 10.6. The fourth-order valence-electron chi connectivity index (χ4n) is 3.10. The second-order valence-corrected chi connectivity index (χ2v) is 10.9. The van der Waals surface area contributed by atoms with Gasteiger partial charge in [0.2, 0.25) is 0 Å². The summed E-state index contributed by atoms with van der Waals surface area (Å²) in [6, 6.07) is 19.6. The Balaban J connectivity index is 1.81. The summed E-state index contributed by atoms with van der Waals surface area (Å²) in [5, 5.41) is 3.26. The average molecular weight is 532 g/mol. The van der Waals surface area contributed by atoms with E-state index in [-0.39, 0.29) is 10.8 Å². The standard InChI is InChI=1S/C25H26ClN3O4S2/c1-29(2)17-28-35(31,32)24-15-18(9-12-23(24)34-20-7-5-4-6-8-20)13-14-27-25(30)21-16-19(26)10-11-22(21)33-3/h4-12,15-17H,13-14H2,1-3H3,(H,27,30)/b28-17-. The lowest BCUT2D eigenvalue weighted by atomic mass is 10.1. The lowest BCUT2D eigenvalue weighted by Gasteiger charge is -2.12. The fraction of sp³-hybridized carbons (Fsp3) is 0.200. The van der Waals surface area contributed by atoms with Crippen molar-refractivity contribution in [2.75, 3.05) is 27.7 Å². The lowest BCUT2D eigenvalue weighted by molar-refractivity contribution is 0.0951. The third kappa shape index (κ3) is 7.48. The molecule has 0 radical (unpaired) electrons. The molecule has 0 aliphatic rings. The normalized spacial score (nSPS) is 11.4. The Hall–Kier alpha value is -3.01. The molecule has 0 aliphatic carbocycles.